The zero-order valence-corrected chi connectivity index (χ0v) is 15.3. The van der Waals surface area contributed by atoms with E-state index in [9.17, 15) is 9.59 Å². The van der Waals surface area contributed by atoms with Crippen molar-refractivity contribution in [2.75, 3.05) is 6.54 Å². The molecule has 0 aliphatic rings. The molecule has 0 spiro atoms. The number of rotatable bonds is 6. The number of fused-ring (bicyclic) bond motifs is 1. The van der Waals surface area contributed by atoms with Crippen LogP contribution in [-0.4, -0.2) is 41.6 Å². The van der Waals surface area contributed by atoms with Gasteiger partial charge in [0.25, 0.3) is 5.56 Å². The predicted molar refractivity (Wildman–Crippen MR) is 103 cm³/mol. The molecule has 1 N–H and O–H groups in total. The molecule has 3 heterocycles. The fourth-order valence-corrected chi connectivity index (χ4v) is 2.97. The van der Waals surface area contributed by atoms with E-state index >= 15 is 0 Å². The number of nitrogens with zero attached hydrogens (tertiary/aromatic N) is 6. The Kier molecular flexibility index (Phi) is 4.71. The standard InChI is InChI=1S/C19H19N7O2/c1-24-18-16(11-23-24)19(28)25(13-21-18)12-17(27)20-9-7-14-3-5-15(6-4-14)26-10-2-8-22-26/h2-6,8,10-11,13H,7,9,12H2,1H3,(H,20,27). The van der Waals surface area contributed by atoms with E-state index in [0.29, 0.717) is 24.0 Å². The van der Waals surface area contributed by atoms with Gasteiger partial charge in [0.2, 0.25) is 5.91 Å². The van der Waals surface area contributed by atoms with Gasteiger partial charge >= 0.3 is 0 Å². The van der Waals surface area contributed by atoms with E-state index < -0.39 is 0 Å². The normalized spacial score (nSPS) is 11.0. The van der Waals surface area contributed by atoms with Crippen molar-refractivity contribution in [2.45, 2.75) is 13.0 Å². The molecule has 0 atom stereocenters. The Balaban J connectivity index is 1.32. The van der Waals surface area contributed by atoms with Crippen LogP contribution in [0.3, 0.4) is 0 Å². The molecule has 0 fully saturated rings. The molecule has 0 bridgehead atoms. The van der Waals surface area contributed by atoms with Gasteiger partial charge in [-0.2, -0.15) is 10.2 Å². The summed E-state index contributed by atoms with van der Waals surface area (Å²) >= 11 is 0. The topological polar surface area (TPSA) is 99.6 Å². The third kappa shape index (κ3) is 3.54. The lowest BCUT2D eigenvalue weighted by Crippen LogP contribution is -2.33. The van der Waals surface area contributed by atoms with Crippen molar-refractivity contribution in [1.29, 1.82) is 0 Å². The molecule has 0 saturated heterocycles. The van der Waals surface area contributed by atoms with Crippen molar-refractivity contribution >= 4 is 16.9 Å². The molecule has 4 rings (SSSR count). The van der Waals surface area contributed by atoms with Crippen molar-refractivity contribution in [3.63, 3.8) is 0 Å². The van der Waals surface area contributed by atoms with Crippen molar-refractivity contribution in [2.24, 2.45) is 7.05 Å². The fourth-order valence-electron chi connectivity index (χ4n) is 2.97. The summed E-state index contributed by atoms with van der Waals surface area (Å²) in [6, 6.07) is 9.86. The number of carbonyl (C=O) groups is 1. The summed E-state index contributed by atoms with van der Waals surface area (Å²) in [4.78, 5) is 28.7. The van der Waals surface area contributed by atoms with E-state index in [4.69, 9.17) is 0 Å². The Morgan fingerprint density at radius 1 is 1.18 bits per heavy atom. The third-order valence-electron chi connectivity index (χ3n) is 4.47. The SMILES string of the molecule is Cn1ncc2c(=O)n(CC(=O)NCCc3ccc(-n4cccn4)cc3)cnc21. The Labute approximate surface area is 160 Å². The number of hydrogen-bond donors (Lipinski definition) is 1. The van der Waals surface area contributed by atoms with Crippen LogP contribution in [0.25, 0.3) is 16.7 Å². The first kappa shape index (κ1) is 17.7. The molecule has 9 heteroatoms. The molecule has 0 unspecified atom stereocenters. The average Bonchev–Trinajstić information content (AvgIpc) is 3.35. The summed E-state index contributed by atoms with van der Waals surface area (Å²) in [6.45, 7) is 0.409. The predicted octanol–water partition coefficient (Wildman–Crippen LogP) is 0.675. The number of benzene rings is 1. The molecule has 0 aliphatic carbocycles. The van der Waals surface area contributed by atoms with Gasteiger partial charge < -0.3 is 5.32 Å². The molecular weight excluding hydrogens is 358 g/mol. The van der Waals surface area contributed by atoms with Crippen molar-refractivity contribution < 1.29 is 4.79 Å². The minimum Gasteiger partial charge on any atom is -0.354 e. The van der Waals surface area contributed by atoms with Gasteiger partial charge in [0.1, 0.15) is 18.3 Å². The lowest BCUT2D eigenvalue weighted by atomic mass is 10.1. The van der Waals surface area contributed by atoms with Gasteiger partial charge in [-0.05, 0) is 30.2 Å². The Hall–Kier alpha value is -3.75. The molecule has 0 aliphatic heterocycles. The monoisotopic (exact) mass is 377 g/mol. The first-order valence-corrected chi connectivity index (χ1v) is 8.84. The molecule has 4 aromatic rings. The van der Waals surface area contributed by atoms with Crippen LogP contribution < -0.4 is 10.9 Å². The number of aryl methyl sites for hydroxylation is 1. The van der Waals surface area contributed by atoms with Gasteiger partial charge in [0.15, 0.2) is 5.65 Å². The molecule has 1 amide bonds. The van der Waals surface area contributed by atoms with Gasteiger partial charge in [-0.1, -0.05) is 12.1 Å². The van der Waals surface area contributed by atoms with Crippen molar-refractivity contribution in [1.82, 2.24) is 34.4 Å². The van der Waals surface area contributed by atoms with Crippen LogP contribution in [-0.2, 0) is 24.8 Å². The number of aromatic nitrogens is 6. The second-order valence-electron chi connectivity index (χ2n) is 6.40. The van der Waals surface area contributed by atoms with Crippen LogP contribution in [0.15, 0.2) is 60.0 Å². The fraction of sp³-hybridized carbons (Fsp3) is 0.211. The number of hydrogen-bond acceptors (Lipinski definition) is 5. The zero-order valence-electron chi connectivity index (χ0n) is 15.3. The van der Waals surface area contributed by atoms with E-state index in [0.717, 1.165) is 11.3 Å². The van der Waals surface area contributed by atoms with Crippen LogP contribution in [0.2, 0.25) is 0 Å². The highest BCUT2D eigenvalue weighted by molar-refractivity contribution is 5.77. The van der Waals surface area contributed by atoms with Gasteiger partial charge in [-0.3, -0.25) is 18.8 Å². The molecular formula is C19H19N7O2. The van der Waals surface area contributed by atoms with Crippen molar-refractivity contribution in [3.8, 4) is 5.69 Å². The first-order chi connectivity index (χ1) is 13.6. The highest BCUT2D eigenvalue weighted by Gasteiger charge is 2.10. The van der Waals surface area contributed by atoms with E-state index in [-0.39, 0.29) is 18.0 Å². The van der Waals surface area contributed by atoms with E-state index in [1.54, 1.807) is 17.9 Å². The molecule has 1 aromatic carbocycles. The molecule has 0 saturated carbocycles. The second-order valence-corrected chi connectivity index (χ2v) is 6.40. The number of carbonyl (C=O) groups excluding carboxylic acids is 1. The third-order valence-corrected chi connectivity index (χ3v) is 4.47. The van der Waals surface area contributed by atoms with E-state index in [1.165, 1.54) is 21.8 Å². The Bertz CT molecular complexity index is 1160. The summed E-state index contributed by atoms with van der Waals surface area (Å²) in [5.74, 6) is -0.236. The van der Waals surface area contributed by atoms with Gasteiger partial charge in [-0.15, -0.1) is 0 Å². The Morgan fingerprint density at radius 3 is 2.75 bits per heavy atom. The van der Waals surface area contributed by atoms with Gasteiger partial charge in [-0.25, -0.2) is 9.67 Å². The molecule has 3 aromatic heterocycles. The summed E-state index contributed by atoms with van der Waals surface area (Å²) < 4.78 is 4.60. The average molecular weight is 377 g/mol. The van der Waals surface area contributed by atoms with Crippen LogP contribution in [0.4, 0.5) is 0 Å². The van der Waals surface area contributed by atoms with Crippen LogP contribution >= 0.6 is 0 Å². The first-order valence-electron chi connectivity index (χ1n) is 8.84. The zero-order chi connectivity index (χ0) is 19.5. The second kappa shape index (κ2) is 7.47. The molecule has 0 radical (unpaired) electrons. The summed E-state index contributed by atoms with van der Waals surface area (Å²) in [5, 5.41) is 11.4. The van der Waals surface area contributed by atoms with Crippen molar-refractivity contribution in [3.05, 3.63) is 71.2 Å². The summed E-state index contributed by atoms with van der Waals surface area (Å²) in [6.07, 6.45) is 7.15. The van der Waals surface area contributed by atoms with Gasteiger partial charge in [0.05, 0.1) is 11.9 Å². The number of amides is 1. The quantitative estimate of drug-likeness (QED) is 0.533. The highest BCUT2D eigenvalue weighted by Crippen LogP contribution is 2.09. The molecule has 28 heavy (non-hydrogen) atoms. The summed E-state index contributed by atoms with van der Waals surface area (Å²) in [7, 11) is 1.72. The maximum atomic E-state index is 12.4. The smallest absolute Gasteiger partial charge is 0.264 e. The highest BCUT2D eigenvalue weighted by atomic mass is 16.2. The van der Waals surface area contributed by atoms with Crippen LogP contribution in [0.5, 0.6) is 0 Å². The maximum absolute atomic E-state index is 12.4. The molecule has 9 nitrogen and oxygen atoms in total. The maximum Gasteiger partial charge on any atom is 0.264 e. The van der Waals surface area contributed by atoms with E-state index in [2.05, 4.69) is 20.5 Å². The lowest BCUT2D eigenvalue weighted by molar-refractivity contribution is -0.121. The molecule has 142 valence electrons. The van der Waals surface area contributed by atoms with E-state index in [1.807, 2.05) is 36.5 Å². The lowest BCUT2D eigenvalue weighted by Gasteiger charge is -2.08. The largest absolute Gasteiger partial charge is 0.354 e. The van der Waals surface area contributed by atoms with Crippen LogP contribution in [0, 0.1) is 0 Å². The van der Waals surface area contributed by atoms with Crippen LogP contribution in [0.1, 0.15) is 5.56 Å². The minimum absolute atomic E-state index is 0.0745. The van der Waals surface area contributed by atoms with Gasteiger partial charge in [0, 0.05) is 26.0 Å². The Morgan fingerprint density at radius 2 is 2.00 bits per heavy atom. The number of nitrogens with one attached hydrogen (secondary N) is 1. The summed E-state index contributed by atoms with van der Waals surface area (Å²) in [5.41, 5.74) is 2.31. The minimum atomic E-state index is -0.275.